The Kier molecular flexibility index (Phi) is 16.2. The summed E-state index contributed by atoms with van der Waals surface area (Å²) in [5.41, 5.74) is 6.90. The Hall–Kier alpha value is -3.31. The molecule has 212 valence electrons. The lowest BCUT2D eigenvalue weighted by Crippen LogP contribution is -2.48. The number of allylic oxidation sites excluding steroid dienone is 1. The molecule has 0 aliphatic heterocycles. The Balaban J connectivity index is 2.53. The van der Waals surface area contributed by atoms with Crippen LogP contribution >= 0.6 is 0 Å². The van der Waals surface area contributed by atoms with Crippen molar-refractivity contribution >= 4 is 24.1 Å². The number of nitrogens with zero attached hydrogens (tertiary/aromatic N) is 2. The van der Waals surface area contributed by atoms with Gasteiger partial charge < -0.3 is 26.6 Å². The van der Waals surface area contributed by atoms with Crippen LogP contribution in [-0.2, 0) is 25.6 Å². The van der Waals surface area contributed by atoms with E-state index >= 15 is 0 Å². The zero-order valence-corrected chi connectivity index (χ0v) is 22.7. The average molecular weight is 535 g/mol. The van der Waals surface area contributed by atoms with Crippen LogP contribution in [0.5, 0.6) is 0 Å². The molecule has 1 rings (SSSR count). The van der Waals surface area contributed by atoms with E-state index in [1.165, 1.54) is 6.08 Å². The van der Waals surface area contributed by atoms with Crippen LogP contribution < -0.4 is 21.7 Å². The predicted molar refractivity (Wildman–Crippen MR) is 145 cm³/mol. The summed E-state index contributed by atoms with van der Waals surface area (Å²) in [6.07, 6.45) is 4.78. The van der Waals surface area contributed by atoms with Crippen molar-refractivity contribution in [3.05, 3.63) is 48.0 Å². The van der Waals surface area contributed by atoms with Crippen molar-refractivity contribution in [3.63, 3.8) is 0 Å². The van der Waals surface area contributed by atoms with Gasteiger partial charge in [0.15, 0.2) is 0 Å². The minimum atomic E-state index is -1.01. The topological polar surface area (TPSA) is 137 Å². The fourth-order valence-electron chi connectivity index (χ4n) is 3.77. The number of nitrogens with one attached hydrogen (secondary N) is 3. The molecule has 5 N–H and O–H groups in total. The van der Waals surface area contributed by atoms with Gasteiger partial charge in [-0.15, -0.1) is 9.60 Å². The highest BCUT2D eigenvalue weighted by Crippen LogP contribution is 2.12. The molecule has 0 bridgehead atoms. The highest BCUT2D eigenvalue weighted by Gasteiger charge is 2.27. The van der Waals surface area contributed by atoms with Crippen LogP contribution in [0.1, 0.15) is 39.2 Å². The van der Waals surface area contributed by atoms with Crippen molar-refractivity contribution in [1.82, 2.24) is 26.0 Å². The fraction of sp³-hybridized carbons (Fsp3) is 0.556. The third-order valence-corrected chi connectivity index (χ3v) is 5.73. The molecular weight excluding hydrogens is 491 g/mol. The van der Waals surface area contributed by atoms with Gasteiger partial charge in [-0.05, 0) is 43.7 Å². The molecule has 2 unspecified atom stereocenters. The first-order valence-electron chi connectivity index (χ1n) is 13.1. The van der Waals surface area contributed by atoms with E-state index in [-0.39, 0.29) is 37.4 Å². The largest absolute Gasteiger partial charge is 0.357 e. The summed E-state index contributed by atoms with van der Waals surface area (Å²) in [7, 11) is 0. The lowest BCUT2D eigenvalue weighted by atomic mass is 10.0. The Morgan fingerprint density at radius 3 is 2.32 bits per heavy atom. The zero-order valence-electron chi connectivity index (χ0n) is 22.7. The number of hydrogen-bond acceptors (Lipinski definition) is 6. The number of amides is 4. The number of benzene rings is 1. The van der Waals surface area contributed by atoms with Gasteiger partial charge in [-0.3, -0.25) is 19.2 Å². The van der Waals surface area contributed by atoms with Crippen LogP contribution in [0.25, 0.3) is 0 Å². The van der Waals surface area contributed by atoms with E-state index < -0.39 is 18.0 Å². The van der Waals surface area contributed by atoms with Gasteiger partial charge in [0.1, 0.15) is 6.04 Å². The molecule has 0 spiro atoms. The van der Waals surface area contributed by atoms with E-state index in [4.69, 9.17) is 5.73 Å². The Bertz CT molecular complexity index is 884. The van der Waals surface area contributed by atoms with E-state index in [0.717, 1.165) is 5.56 Å². The van der Waals surface area contributed by atoms with Crippen LogP contribution in [0, 0.1) is 5.92 Å². The second-order valence-corrected chi connectivity index (χ2v) is 9.40. The summed E-state index contributed by atoms with van der Waals surface area (Å²) in [4.78, 5) is 49.3. The molecule has 11 heteroatoms. The predicted octanol–water partition coefficient (Wildman–Crippen LogP) is 0.931. The molecule has 10 nitrogen and oxygen atoms in total. The average Bonchev–Trinajstić information content (AvgIpc) is 2.88. The van der Waals surface area contributed by atoms with Crippen molar-refractivity contribution in [3.8, 4) is 0 Å². The first-order valence-corrected chi connectivity index (χ1v) is 13.1. The van der Waals surface area contributed by atoms with Crippen LogP contribution in [0.4, 0.5) is 4.48 Å². The maximum Gasteiger partial charge on any atom is 0.246 e. The lowest BCUT2D eigenvalue weighted by Gasteiger charge is -2.25. The molecule has 0 saturated heterocycles. The monoisotopic (exact) mass is 534 g/mol. The summed E-state index contributed by atoms with van der Waals surface area (Å²) in [5.74, 6) is -0.962. The van der Waals surface area contributed by atoms with Gasteiger partial charge in [-0.2, -0.15) is 0 Å². The van der Waals surface area contributed by atoms with Crippen molar-refractivity contribution in [1.29, 1.82) is 0 Å². The van der Waals surface area contributed by atoms with Gasteiger partial charge in [0.2, 0.25) is 24.1 Å². The first kappa shape index (κ1) is 32.7. The number of hydrogen-bond donors (Lipinski definition) is 4. The van der Waals surface area contributed by atoms with Gasteiger partial charge in [0.25, 0.3) is 0 Å². The molecule has 0 aromatic heterocycles. The maximum absolute atomic E-state index is 15.0. The molecule has 1 aromatic rings. The normalized spacial score (nSPS) is 12.8. The van der Waals surface area contributed by atoms with Gasteiger partial charge in [-0.1, -0.05) is 50.3 Å². The van der Waals surface area contributed by atoms with Gasteiger partial charge >= 0.3 is 0 Å². The summed E-state index contributed by atoms with van der Waals surface area (Å²) >= 11 is 0. The van der Waals surface area contributed by atoms with E-state index in [1.54, 1.807) is 17.9 Å². The summed E-state index contributed by atoms with van der Waals surface area (Å²) < 4.78 is 15.0. The first-order chi connectivity index (χ1) is 18.2. The third-order valence-electron chi connectivity index (χ3n) is 5.73. The number of halogens is 1. The van der Waals surface area contributed by atoms with E-state index in [2.05, 4.69) is 16.0 Å². The molecule has 0 aliphatic rings. The molecule has 1 aromatic carbocycles. The van der Waals surface area contributed by atoms with Crippen molar-refractivity contribution in [2.45, 2.75) is 52.1 Å². The van der Waals surface area contributed by atoms with Crippen molar-refractivity contribution in [2.24, 2.45) is 11.7 Å². The number of carbonyl (C=O) groups is 4. The van der Waals surface area contributed by atoms with Crippen LogP contribution in [0.15, 0.2) is 42.5 Å². The highest BCUT2D eigenvalue weighted by atomic mass is 19.2. The van der Waals surface area contributed by atoms with Crippen molar-refractivity contribution in [2.75, 3.05) is 39.3 Å². The molecule has 0 fully saturated rings. The van der Waals surface area contributed by atoms with E-state index in [0.29, 0.717) is 50.4 Å². The third kappa shape index (κ3) is 13.3. The molecule has 0 heterocycles. The summed E-state index contributed by atoms with van der Waals surface area (Å²) in [6, 6.07) is 7.62. The van der Waals surface area contributed by atoms with Crippen LogP contribution in [0.2, 0.25) is 0 Å². The van der Waals surface area contributed by atoms with Crippen LogP contribution in [-0.4, -0.2) is 85.5 Å². The molecule has 2 atom stereocenters. The minimum Gasteiger partial charge on any atom is -0.357 e. The minimum absolute atomic E-state index is 0.0105. The Morgan fingerprint density at radius 1 is 1.00 bits per heavy atom. The van der Waals surface area contributed by atoms with Gasteiger partial charge in [-0.25, -0.2) is 0 Å². The zero-order chi connectivity index (χ0) is 28.3. The molecule has 38 heavy (non-hydrogen) atoms. The highest BCUT2D eigenvalue weighted by molar-refractivity contribution is 5.87. The second kappa shape index (κ2) is 18.9. The van der Waals surface area contributed by atoms with Crippen molar-refractivity contribution < 1.29 is 23.7 Å². The summed E-state index contributed by atoms with van der Waals surface area (Å²) in [5, 5.41) is 8.36. The SMILES string of the molecule is C/C=C/C(=O)N(CCCNC(=O)C(CC(C)C)N(F)CCNC(=O)C(N)Cc1ccccc1)CCNC=O. The number of carbonyl (C=O) groups excluding carboxylic acids is 4. The Morgan fingerprint density at radius 2 is 1.68 bits per heavy atom. The Labute approximate surface area is 225 Å². The second-order valence-electron chi connectivity index (χ2n) is 9.40. The molecule has 0 saturated carbocycles. The van der Waals surface area contributed by atoms with Gasteiger partial charge in [0, 0.05) is 39.3 Å². The van der Waals surface area contributed by atoms with Gasteiger partial charge in [0.05, 0.1) is 6.04 Å². The molecule has 4 amide bonds. The molecule has 0 radical (unpaired) electrons. The van der Waals surface area contributed by atoms with E-state index in [1.807, 2.05) is 44.2 Å². The molecular formula is C27H43FN6O4. The number of rotatable bonds is 19. The number of nitrogens with two attached hydrogens (primary N) is 1. The van der Waals surface area contributed by atoms with E-state index in [9.17, 15) is 23.7 Å². The van der Waals surface area contributed by atoms with Crippen LogP contribution in [0.3, 0.4) is 0 Å². The fourth-order valence-corrected chi connectivity index (χ4v) is 3.77. The quantitative estimate of drug-likeness (QED) is 0.0902. The standard InChI is InChI=1S/C27H43FN6O4/c1-4-9-25(36)33(16-13-30-20-35)15-8-12-31-27(38)24(18-21(2)3)34(28)17-14-32-26(37)23(29)19-22-10-6-5-7-11-22/h4-7,9-11,20-21,23-24H,8,12-19,29H2,1-3H3,(H,30,35)(H,31,38)(H,32,37)/b9-4+. The lowest BCUT2D eigenvalue weighted by molar-refractivity contribution is -0.135. The maximum atomic E-state index is 15.0. The smallest absolute Gasteiger partial charge is 0.246 e. The summed E-state index contributed by atoms with van der Waals surface area (Å²) in [6.45, 7) is 6.67. The molecule has 0 aliphatic carbocycles.